The van der Waals surface area contributed by atoms with Gasteiger partial charge >= 0.3 is 0 Å². The number of hydrogen-bond acceptors (Lipinski definition) is 5. The standard InChI is InChI=1S/C8H12N2O3S2/c1-15(12,13)6-5-14(11)8-7(9)3-2-4-10-8/h2-4H,5-6,9H2,1H3. The van der Waals surface area contributed by atoms with Crippen LogP contribution in [0.2, 0.25) is 0 Å². The van der Waals surface area contributed by atoms with E-state index in [-0.39, 0.29) is 16.5 Å². The van der Waals surface area contributed by atoms with Crippen molar-refractivity contribution in [2.24, 2.45) is 0 Å². The Labute approximate surface area is 91.1 Å². The lowest BCUT2D eigenvalue weighted by Gasteiger charge is -2.03. The number of anilines is 1. The van der Waals surface area contributed by atoms with E-state index >= 15 is 0 Å². The fourth-order valence-corrected chi connectivity index (χ4v) is 3.44. The number of nitrogen functional groups attached to an aromatic ring is 1. The summed E-state index contributed by atoms with van der Waals surface area (Å²) in [6.07, 6.45) is 2.58. The van der Waals surface area contributed by atoms with Gasteiger partial charge in [-0.05, 0) is 12.1 Å². The second kappa shape index (κ2) is 4.71. The average molecular weight is 248 g/mol. The van der Waals surface area contributed by atoms with Crippen LogP contribution in [0.25, 0.3) is 0 Å². The second-order valence-electron chi connectivity index (χ2n) is 3.08. The minimum atomic E-state index is -3.10. The molecular weight excluding hydrogens is 236 g/mol. The fraction of sp³-hybridized carbons (Fsp3) is 0.375. The van der Waals surface area contributed by atoms with Gasteiger partial charge in [0.2, 0.25) is 0 Å². The van der Waals surface area contributed by atoms with Crippen molar-refractivity contribution in [2.75, 3.05) is 23.5 Å². The molecule has 1 aromatic rings. The van der Waals surface area contributed by atoms with Crippen molar-refractivity contribution >= 4 is 26.3 Å². The molecule has 1 heterocycles. The highest BCUT2D eigenvalue weighted by molar-refractivity contribution is 7.92. The largest absolute Gasteiger partial charge is 0.396 e. The summed E-state index contributed by atoms with van der Waals surface area (Å²) in [6.45, 7) is 0. The zero-order valence-corrected chi connectivity index (χ0v) is 9.85. The Balaban J connectivity index is 2.75. The van der Waals surface area contributed by atoms with Crippen LogP contribution in [0.1, 0.15) is 0 Å². The molecule has 7 heteroatoms. The van der Waals surface area contributed by atoms with Crippen LogP contribution in [0.5, 0.6) is 0 Å². The predicted octanol–water partition coefficient (Wildman–Crippen LogP) is -0.184. The first-order chi connectivity index (χ1) is 6.90. The Bertz CT molecular complexity index is 471. The quantitative estimate of drug-likeness (QED) is 0.798. The molecule has 1 atom stereocenters. The average Bonchev–Trinajstić information content (AvgIpc) is 2.14. The van der Waals surface area contributed by atoms with Crippen molar-refractivity contribution in [3.05, 3.63) is 18.3 Å². The molecule has 0 aliphatic rings. The molecule has 0 aliphatic heterocycles. The molecule has 0 radical (unpaired) electrons. The minimum absolute atomic E-state index is 0.0278. The van der Waals surface area contributed by atoms with Crippen molar-refractivity contribution < 1.29 is 12.6 Å². The van der Waals surface area contributed by atoms with Crippen molar-refractivity contribution in [1.29, 1.82) is 0 Å². The van der Waals surface area contributed by atoms with E-state index in [0.717, 1.165) is 6.26 Å². The molecule has 5 nitrogen and oxygen atoms in total. The topological polar surface area (TPSA) is 90.1 Å². The summed E-state index contributed by atoms with van der Waals surface area (Å²) in [5, 5.41) is 0.251. The molecule has 0 saturated carbocycles. The number of rotatable bonds is 4. The van der Waals surface area contributed by atoms with Gasteiger partial charge in [0.25, 0.3) is 0 Å². The first-order valence-corrected chi connectivity index (χ1v) is 7.54. The molecule has 1 aromatic heterocycles. The summed E-state index contributed by atoms with van der Waals surface area (Å²) < 4.78 is 33.3. The van der Waals surface area contributed by atoms with Crippen LogP contribution < -0.4 is 5.73 Å². The molecule has 2 N–H and O–H groups in total. The summed E-state index contributed by atoms with van der Waals surface area (Å²) in [4.78, 5) is 3.86. The van der Waals surface area contributed by atoms with Crippen molar-refractivity contribution in [3.63, 3.8) is 0 Å². The SMILES string of the molecule is CS(=O)(=O)CCS(=O)c1ncccc1N. The monoisotopic (exact) mass is 248 g/mol. The first-order valence-electron chi connectivity index (χ1n) is 4.17. The van der Waals surface area contributed by atoms with Gasteiger partial charge < -0.3 is 5.73 Å². The summed E-state index contributed by atoms with van der Waals surface area (Å²) >= 11 is 0. The Morgan fingerprint density at radius 3 is 2.73 bits per heavy atom. The molecule has 0 saturated heterocycles. The van der Waals surface area contributed by atoms with E-state index in [9.17, 15) is 12.6 Å². The third kappa shape index (κ3) is 3.96. The Kier molecular flexibility index (Phi) is 3.81. The molecule has 0 fully saturated rings. The maximum atomic E-state index is 11.6. The molecule has 84 valence electrons. The molecule has 0 spiro atoms. The zero-order valence-electron chi connectivity index (χ0n) is 8.21. The highest BCUT2D eigenvalue weighted by Crippen LogP contribution is 2.12. The summed E-state index contributed by atoms with van der Waals surface area (Å²) in [7, 11) is -4.56. The number of pyridine rings is 1. The van der Waals surface area contributed by atoms with Crippen molar-refractivity contribution in [1.82, 2.24) is 4.98 Å². The molecule has 1 rings (SSSR count). The predicted molar refractivity (Wildman–Crippen MR) is 59.6 cm³/mol. The van der Waals surface area contributed by atoms with Crippen LogP contribution in [-0.4, -0.2) is 35.4 Å². The van der Waals surface area contributed by atoms with Gasteiger partial charge in [-0.2, -0.15) is 0 Å². The van der Waals surface area contributed by atoms with E-state index in [2.05, 4.69) is 4.98 Å². The smallest absolute Gasteiger partial charge is 0.150 e. The van der Waals surface area contributed by atoms with Gasteiger partial charge in [-0.15, -0.1) is 0 Å². The van der Waals surface area contributed by atoms with Crippen LogP contribution in [0.4, 0.5) is 5.69 Å². The Morgan fingerprint density at radius 2 is 2.20 bits per heavy atom. The van der Waals surface area contributed by atoms with E-state index in [4.69, 9.17) is 5.73 Å². The highest BCUT2D eigenvalue weighted by Gasteiger charge is 2.12. The van der Waals surface area contributed by atoms with E-state index in [1.807, 2.05) is 0 Å². The maximum Gasteiger partial charge on any atom is 0.150 e. The van der Waals surface area contributed by atoms with Crippen LogP contribution >= 0.6 is 0 Å². The summed E-state index contributed by atoms with van der Waals surface area (Å²) in [6, 6.07) is 3.22. The lowest BCUT2D eigenvalue weighted by molar-refractivity contribution is 0.602. The van der Waals surface area contributed by atoms with Crippen molar-refractivity contribution in [2.45, 2.75) is 5.03 Å². The van der Waals surface area contributed by atoms with E-state index in [1.165, 1.54) is 6.20 Å². The fourth-order valence-electron chi connectivity index (χ4n) is 0.917. The number of aromatic nitrogens is 1. The molecular formula is C8H12N2O3S2. The van der Waals surface area contributed by atoms with Gasteiger partial charge in [0.05, 0.1) is 22.2 Å². The van der Waals surface area contributed by atoms with Crippen LogP contribution in [0.3, 0.4) is 0 Å². The number of nitrogens with two attached hydrogens (primary N) is 1. The van der Waals surface area contributed by atoms with Gasteiger partial charge in [-0.25, -0.2) is 13.4 Å². The normalized spacial score (nSPS) is 13.7. The van der Waals surface area contributed by atoms with E-state index < -0.39 is 20.6 Å². The van der Waals surface area contributed by atoms with Crippen molar-refractivity contribution in [3.8, 4) is 0 Å². The number of sulfone groups is 1. The summed E-state index contributed by atoms with van der Waals surface area (Å²) in [5.41, 5.74) is 5.88. The van der Waals surface area contributed by atoms with Gasteiger partial charge in [0.15, 0.2) is 0 Å². The third-order valence-electron chi connectivity index (χ3n) is 1.66. The van der Waals surface area contributed by atoms with Crippen LogP contribution in [-0.2, 0) is 20.6 Å². The van der Waals surface area contributed by atoms with Crippen LogP contribution in [0.15, 0.2) is 23.4 Å². The molecule has 0 aromatic carbocycles. The second-order valence-corrected chi connectivity index (χ2v) is 6.82. The molecule has 1 unspecified atom stereocenters. The van der Waals surface area contributed by atoms with E-state index in [1.54, 1.807) is 12.1 Å². The lowest BCUT2D eigenvalue weighted by Crippen LogP contribution is -2.13. The summed E-state index contributed by atoms with van der Waals surface area (Å²) in [5.74, 6) is -0.102. The van der Waals surface area contributed by atoms with Gasteiger partial charge in [0.1, 0.15) is 14.9 Å². The third-order valence-corrected chi connectivity index (χ3v) is 4.21. The highest BCUT2D eigenvalue weighted by atomic mass is 32.2. The van der Waals surface area contributed by atoms with E-state index in [0.29, 0.717) is 5.69 Å². The number of nitrogens with zero attached hydrogens (tertiary/aromatic N) is 1. The molecule has 15 heavy (non-hydrogen) atoms. The maximum absolute atomic E-state index is 11.6. The van der Waals surface area contributed by atoms with Crippen LogP contribution in [0, 0.1) is 0 Å². The molecule has 0 bridgehead atoms. The Morgan fingerprint density at radius 1 is 1.53 bits per heavy atom. The first kappa shape index (κ1) is 12.1. The minimum Gasteiger partial charge on any atom is -0.396 e. The van der Waals surface area contributed by atoms with Gasteiger partial charge in [-0.1, -0.05) is 0 Å². The lowest BCUT2D eigenvalue weighted by atomic mass is 10.4. The number of hydrogen-bond donors (Lipinski definition) is 1. The molecule has 0 aliphatic carbocycles. The van der Waals surface area contributed by atoms with Gasteiger partial charge in [-0.3, -0.25) is 4.21 Å². The van der Waals surface area contributed by atoms with Gasteiger partial charge in [0, 0.05) is 18.2 Å². The Hall–Kier alpha value is -0.950. The zero-order chi connectivity index (χ0) is 11.5. The molecule has 0 amide bonds.